The number of nitriles is 1. The predicted octanol–water partition coefficient (Wildman–Crippen LogP) is 3.34. The fourth-order valence-corrected chi connectivity index (χ4v) is 2.63. The van der Waals surface area contributed by atoms with Gasteiger partial charge in [-0.3, -0.25) is 14.9 Å². The lowest BCUT2D eigenvalue weighted by atomic mass is 10.2. The summed E-state index contributed by atoms with van der Waals surface area (Å²) in [6.45, 7) is 0. The van der Waals surface area contributed by atoms with Crippen molar-refractivity contribution >= 4 is 29.0 Å². The van der Waals surface area contributed by atoms with Gasteiger partial charge in [0.05, 0.1) is 22.3 Å². The average molecular weight is 327 g/mol. The van der Waals surface area contributed by atoms with Gasteiger partial charge in [0.2, 0.25) is 5.91 Å². The Morgan fingerprint density at radius 3 is 2.65 bits per heavy atom. The van der Waals surface area contributed by atoms with Gasteiger partial charge in [0.25, 0.3) is 5.69 Å². The van der Waals surface area contributed by atoms with Crippen LogP contribution in [-0.4, -0.2) is 16.6 Å². The summed E-state index contributed by atoms with van der Waals surface area (Å²) < 4.78 is 0. The molecule has 0 radical (unpaired) electrons. The number of anilines is 1. The quantitative estimate of drug-likeness (QED) is 0.648. The highest BCUT2D eigenvalue weighted by molar-refractivity contribution is 7.99. The average Bonchev–Trinajstić information content (AvgIpc) is 2.55. The molecular weight excluding hydrogens is 314 g/mol. The summed E-state index contributed by atoms with van der Waals surface area (Å²) in [5.41, 5.74) is 2.04. The molecule has 0 spiro atoms. The van der Waals surface area contributed by atoms with Crippen LogP contribution in [0.5, 0.6) is 0 Å². The van der Waals surface area contributed by atoms with Crippen molar-refractivity contribution in [3.63, 3.8) is 0 Å². The number of non-ortho nitro benzene ring substituents is 1. The zero-order valence-electron chi connectivity index (χ0n) is 12.1. The minimum atomic E-state index is -0.445. The second-order valence-electron chi connectivity index (χ2n) is 4.66. The molecule has 6 nitrogen and oxygen atoms in total. The number of nitrogens with zero attached hydrogens (tertiary/aromatic N) is 2. The van der Waals surface area contributed by atoms with E-state index in [-0.39, 0.29) is 17.3 Å². The van der Waals surface area contributed by atoms with Crippen LogP contribution < -0.4 is 5.32 Å². The lowest BCUT2D eigenvalue weighted by molar-refractivity contribution is -0.384. The lowest BCUT2D eigenvalue weighted by Crippen LogP contribution is -2.14. The standard InChI is InChI=1S/C16H13N3O3S/c17-9-13-2-1-3-14(8-13)18-16(20)11-23-10-12-4-6-15(7-5-12)19(21)22/h1-8H,10-11H2,(H,18,20). The number of thioether (sulfide) groups is 1. The number of benzene rings is 2. The minimum absolute atomic E-state index is 0.0499. The van der Waals surface area contributed by atoms with Crippen LogP contribution in [0, 0.1) is 21.4 Å². The number of rotatable bonds is 6. The Morgan fingerprint density at radius 2 is 2.00 bits per heavy atom. The smallest absolute Gasteiger partial charge is 0.269 e. The second kappa shape index (κ2) is 7.96. The molecule has 0 unspecified atom stereocenters. The van der Waals surface area contributed by atoms with Crippen molar-refractivity contribution in [2.24, 2.45) is 0 Å². The van der Waals surface area contributed by atoms with Gasteiger partial charge in [-0.1, -0.05) is 18.2 Å². The summed E-state index contributed by atoms with van der Waals surface area (Å²) in [5, 5.41) is 22.1. The van der Waals surface area contributed by atoms with Crippen LogP contribution in [0.1, 0.15) is 11.1 Å². The highest BCUT2D eigenvalue weighted by Gasteiger charge is 2.06. The molecule has 0 saturated heterocycles. The highest BCUT2D eigenvalue weighted by atomic mass is 32.2. The molecule has 0 heterocycles. The molecule has 0 aromatic heterocycles. The van der Waals surface area contributed by atoms with Gasteiger partial charge in [-0.05, 0) is 23.8 Å². The number of nitro groups is 1. The number of nitrogens with one attached hydrogen (secondary N) is 1. The molecule has 0 aliphatic carbocycles. The maximum Gasteiger partial charge on any atom is 0.269 e. The van der Waals surface area contributed by atoms with Gasteiger partial charge in [-0.2, -0.15) is 5.26 Å². The first-order valence-electron chi connectivity index (χ1n) is 6.69. The monoisotopic (exact) mass is 327 g/mol. The van der Waals surface area contributed by atoms with Crippen molar-refractivity contribution in [1.82, 2.24) is 0 Å². The normalized spacial score (nSPS) is 9.87. The van der Waals surface area contributed by atoms with Crippen molar-refractivity contribution < 1.29 is 9.72 Å². The molecule has 116 valence electrons. The largest absolute Gasteiger partial charge is 0.325 e. The van der Waals surface area contributed by atoms with Crippen LogP contribution in [0.15, 0.2) is 48.5 Å². The molecule has 0 saturated carbocycles. The van der Waals surface area contributed by atoms with E-state index in [4.69, 9.17) is 5.26 Å². The SMILES string of the molecule is N#Cc1cccc(NC(=O)CSCc2ccc([N+](=O)[O-])cc2)c1. The summed E-state index contributed by atoms with van der Waals surface area (Å²) in [5.74, 6) is 0.684. The molecule has 0 bridgehead atoms. The first-order valence-corrected chi connectivity index (χ1v) is 7.85. The molecule has 2 aromatic rings. The lowest BCUT2D eigenvalue weighted by Gasteiger charge is -2.05. The minimum Gasteiger partial charge on any atom is -0.325 e. The van der Waals surface area contributed by atoms with Crippen LogP contribution in [-0.2, 0) is 10.5 Å². The zero-order chi connectivity index (χ0) is 16.7. The molecule has 2 aromatic carbocycles. The number of carbonyl (C=O) groups is 1. The van der Waals surface area contributed by atoms with Crippen molar-refractivity contribution in [3.05, 3.63) is 69.8 Å². The van der Waals surface area contributed by atoms with E-state index in [0.717, 1.165) is 5.56 Å². The van der Waals surface area contributed by atoms with E-state index in [1.807, 2.05) is 6.07 Å². The first kappa shape index (κ1) is 16.5. The van der Waals surface area contributed by atoms with Gasteiger partial charge in [0.1, 0.15) is 0 Å². The molecule has 2 rings (SSSR count). The Kier molecular flexibility index (Phi) is 5.72. The van der Waals surface area contributed by atoms with E-state index in [1.54, 1.807) is 36.4 Å². The highest BCUT2D eigenvalue weighted by Crippen LogP contribution is 2.17. The van der Waals surface area contributed by atoms with Crippen molar-refractivity contribution in [2.45, 2.75) is 5.75 Å². The van der Waals surface area contributed by atoms with Gasteiger partial charge in [-0.15, -0.1) is 11.8 Å². The zero-order valence-corrected chi connectivity index (χ0v) is 12.9. The number of nitro benzene ring substituents is 1. The van der Waals surface area contributed by atoms with Gasteiger partial charge >= 0.3 is 0 Å². The third-order valence-corrected chi connectivity index (χ3v) is 3.93. The Morgan fingerprint density at radius 1 is 1.26 bits per heavy atom. The maximum absolute atomic E-state index is 11.8. The molecule has 1 N–H and O–H groups in total. The number of amides is 1. The van der Waals surface area contributed by atoms with E-state index >= 15 is 0 Å². The van der Waals surface area contributed by atoms with Crippen LogP contribution in [0.4, 0.5) is 11.4 Å². The Hall–Kier alpha value is -2.85. The Labute approximate surface area is 137 Å². The summed E-state index contributed by atoms with van der Waals surface area (Å²) in [4.78, 5) is 22.0. The molecule has 0 atom stereocenters. The molecule has 23 heavy (non-hydrogen) atoms. The van der Waals surface area contributed by atoms with E-state index in [9.17, 15) is 14.9 Å². The van der Waals surface area contributed by atoms with E-state index < -0.39 is 4.92 Å². The third-order valence-electron chi connectivity index (χ3n) is 2.92. The number of hydrogen-bond acceptors (Lipinski definition) is 5. The summed E-state index contributed by atoms with van der Waals surface area (Å²) >= 11 is 1.41. The second-order valence-corrected chi connectivity index (χ2v) is 5.64. The molecule has 1 amide bonds. The Balaban J connectivity index is 1.80. The van der Waals surface area contributed by atoms with Crippen LogP contribution in [0.2, 0.25) is 0 Å². The molecule has 0 aliphatic heterocycles. The van der Waals surface area contributed by atoms with Gasteiger partial charge in [0.15, 0.2) is 0 Å². The van der Waals surface area contributed by atoms with E-state index in [0.29, 0.717) is 17.0 Å². The van der Waals surface area contributed by atoms with Gasteiger partial charge in [-0.25, -0.2) is 0 Å². The molecule has 7 heteroatoms. The van der Waals surface area contributed by atoms with Crippen LogP contribution in [0.3, 0.4) is 0 Å². The number of hydrogen-bond donors (Lipinski definition) is 1. The van der Waals surface area contributed by atoms with Crippen LogP contribution in [0.25, 0.3) is 0 Å². The van der Waals surface area contributed by atoms with Gasteiger partial charge < -0.3 is 5.32 Å². The fraction of sp³-hybridized carbons (Fsp3) is 0.125. The summed E-state index contributed by atoms with van der Waals surface area (Å²) in [7, 11) is 0. The summed E-state index contributed by atoms with van der Waals surface area (Å²) in [6.07, 6.45) is 0. The topological polar surface area (TPSA) is 96.0 Å². The predicted molar refractivity (Wildman–Crippen MR) is 89.0 cm³/mol. The van der Waals surface area contributed by atoms with Crippen molar-refractivity contribution in [1.29, 1.82) is 5.26 Å². The molecule has 0 fully saturated rings. The first-order chi connectivity index (χ1) is 11.1. The van der Waals surface area contributed by atoms with Crippen LogP contribution >= 0.6 is 11.8 Å². The molecule has 0 aliphatic rings. The van der Waals surface area contributed by atoms with Crippen molar-refractivity contribution in [2.75, 3.05) is 11.1 Å². The van der Waals surface area contributed by atoms with Gasteiger partial charge in [0, 0.05) is 23.6 Å². The number of carbonyl (C=O) groups excluding carboxylic acids is 1. The fourth-order valence-electron chi connectivity index (χ4n) is 1.84. The summed E-state index contributed by atoms with van der Waals surface area (Å²) in [6, 6.07) is 15.0. The van der Waals surface area contributed by atoms with E-state index in [1.165, 1.54) is 23.9 Å². The third kappa shape index (κ3) is 5.13. The molecular formula is C16H13N3O3S. The van der Waals surface area contributed by atoms with Crippen molar-refractivity contribution in [3.8, 4) is 6.07 Å². The van der Waals surface area contributed by atoms with E-state index in [2.05, 4.69) is 5.32 Å². The Bertz CT molecular complexity index is 754. The maximum atomic E-state index is 11.8.